The molecule has 5 heteroatoms. The van der Waals surface area contributed by atoms with E-state index in [1.807, 2.05) is 31.2 Å². The Kier molecular flexibility index (Phi) is 4.41. The van der Waals surface area contributed by atoms with Gasteiger partial charge in [-0.1, -0.05) is 29.8 Å². The van der Waals surface area contributed by atoms with Crippen LogP contribution in [0.25, 0.3) is 0 Å². The van der Waals surface area contributed by atoms with Crippen LogP contribution >= 0.6 is 0 Å². The van der Waals surface area contributed by atoms with Crippen molar-refractivity contribution in [3.63, 3.8) is 0 Å². The van der Waals surface area contributed by atoms with Crippen molar-refractivity contribution >= 4 is 10.0 Å². The van der Waals surface area contributed by atoms with Gasteiger partial charge >= 0.3 is 0 Å². The number of aryl methyl sites for hydroxylation is 1. The number of hydrogen-bond donors (Lipinski definition) is 1. The van der Waals surface area contributed by atoms with Crippen LogP contribution in [0, 0.1) is 12.8 Å². The van der Waals surface area contributed by atoms with Gasteiger partial charge in [0.1, 0.15) is 5.75 Å². The molecule has 23 heavy (non-hydrogen) atoms. The number of hydrogen-bond acceptors (Lipinski definition) is 3. The zero-order valence-electron chi connectivity index (χ0n) is 13.3. The first-order valence-electron chi connectivity index (χ1n) is 7.72. The summed E-state index contributed by atoms with van der Waals surface area (Å²) in [5.74, 6) is 1.02. The average Bonchev–Trinajstić information content (AvgIpc) is 3.38. The first-order valence-corrected chi connectivity index (χ1v) is 9.21. The van der Waals surface area contributed by atoms with E-state index >= 15 is 0 Å². The highest BCUT2D eigenvalue weighted by Gasteiger charge is 2.35. The van der Waals surface area contributed by atoms with Crippen molar-refractivity contribution in [2.45, 2.75) is 30.7 Å². The molecule has 0 saturated heterocycles. The SMILES string of the molecule is COc1ccc(S(=O)(=O)NC(c2ccc(C)cc2)C2CC2)cc1. The van der Waals surface area contributed by atoms with Gasteiger partial charge in [0.15, 0.2) is 0 Å². The molecule has 0 aliphatic heterocycles. The predicted octanol–water partition coefficient (Wildman–Crippen LogP) is 3.43. The molecule has 0 amide bonds. The van der Waals surface area contributed by atoms with Crippen LogP contribution in [0.2, 0.25) is 0 Å². The standard InChI is InChI=1S/C18H21NO3S/c1-13-3-5-14(6-4-13)18(15-7-8-15)19-23(20,21)17-11-9-16(22-2)10-12-17/h3-6,9-12,15,18-19H,7-8H2,1-2H3. The van der Waals surface area contributed by atoms with E-state index in [0.29, 0.717) is 11.7 Å². The first-order chi connectivity index (χ1) is 11.0. The minimum atomic E-state index is -3.55. The molecule has 1 N–H and O–H groups in total. The molecule has 0 heterocycles. The van der Waals surface area contributed by atoms with Crippen molar-refractivity contribution in [1.82, 2.24) is 4.72 Å². The number of benzene rings is 2. The van der Waals surface area contributed by atoms with Crippen LogP contribution < -0.4 is 9.46 Å². The Bertz CT molecular complexity index is 763. The molecule has 1 saturated carbocycles. The fraction of sp³-hybridized carbons (Fsp3) is 0.333. The van der Waals surface area contributed by atoms with Gasteiger partial charge in [-0.3, -0.25) is 0 Å². The molecule has 2 aromatic rings. The fourth-order valence-corrected chi connectivity index (χ4v) is 3.92. The molecular formula is C18H21NO3S. The smallest absolute Gasteiger partial charge is 0.241 e. The minimum absolute atomic E-state index is 0.164. The quantitative estimate of drug-likeness (QED) is 0.882. The lowest BCUT2D eigenvalue weighted by molar-refractivity contribution is 0.414. The Hall–Kier alpha value is -1.85. The fourth-order valence-electron chi connectivity index (χ4n) is 2.63. The Labute approximate surface area is 137 Å². The lowest BCUT2D eigenvalue weighted by atomic mass is 10.0. The summed E-state index contributed by atoms with van der Waals surface area (Å²) in [6.45, 7) is 2.03. The summed E-state index contributed by atoms with van der Waals surface area (Å²) in [6, 6.07) is 14.4. The monoisotopic (exact) mass is 331 g/mol. The van der Waals surface area contributed by atoms with Gasteiger partial charge in [-0.2, -0.15) is 0 Å². The summed E-state index contributed by atoms with van der Waals surface area (Å²) in [7, 11) is -2.00. The molecule has 0 bridgehead atoms. The van der Waals surface area contributed by atoms with Gasteiger partial charge in [0, 0.05) is 6.04 Å². The molecule has 4 nitrogen and oxygen atoms in total. The lowest BCUT2D eigenvalue weighted by Gasteiger charge is -2.19. The molecular weight excluding hydrogens is 310 g/mol. The van der Waals surface area contributed by atoms with Crippen LogP contribution in [-0.4, -0.2) is 15.5 Å². The first kappa shape index (κ1) is 16.0. The van der Waals surface area contributed by atoms with E-state index in [0.717, 1.165) is 18.4 Å². The van der Waals surface area contributed by atoms with E-state index in [4.69, 9.17) is 4.74 Å². The van der Waals surface area contributed by atoms with Gasteiger partial charge in [-0.15, -0.1) is 0 Å². The summed E-state index contributed by atoms with van der Waals surface area (Å²) < 4.78 is 33.3. The Morgan fingerprint density at radius 2 is 1.65 bits per heavy atom. The van der Waals surface area contributed by atoms with Crippen molar-refractivity contribution in [1.29, 1.82) is 0 Å². The van der Waals surface area contributed by atoms with E-state index in [9.17, 15) is 8.42 Å². The highest BCUT2D eigenvalue weighted by atomic mass is 32.2. The zero-order chi connectivity index (χ0) is 16.4. The molecule has 0 radical (unpaired) electrons. The second-order valence-electron chi connectivity index (χ2n) is 6.02. The summed E-state index contributed by atoms with van der Waals surface area (Å²) >= 11 is 0. The Morgan fingerprint density at radius 1 is 1.04 bits per heavy atom. The van der Waals surface area contributed by atoms with Crippen molar-refractivity contribution in [2.75, 3.05) is 7.11 Å². The Morgan fingerprint density at radius 3 is 2.17 bits per heavy atom. The summed E-state index contributed by atoms with van der Waals surface area (Å²) in [5, 5.41) is 0. The molecule has 0 spiro atoms. The van der Waals surface area contributed by atoms with Gasteiger partial charge in [-0.25, -0.2) is 13.1 Å². The number of nitrogens with one attached hydrogen (secondary N) is 1. The van der Waals surface area contributed by atoms with Crippen molar-refractivity contribution in [3.05, 3.63) is 59.7 Å². The molecule has 1 unspecified atom stereocenters. The number of methoxy groups -OCH3 is 1. The van der Waals surface area contributed by atoms with Gasteiger partial charge < -0.3 is 4.74 Å². The van der Waals surface area contributed by atoms with Gasteiger partial charge in [0.25, 0.3) is 0 Å². The molecule has 3 rings (SSSR count). The lowest BCUT2D eigenvalue weighted by Crippen LogP contribution is -2.30. The second kappa shape index (κ2) is 6.34. The molecule has 1 atom stereocenters. The van der Waals surface area contributed by atoms with Crippen LogP contribution in [0.4, 0.5) is 0 Å². The van der Waals surface area contributed by atoms with Crippen LogP contribution in [-0.2, 0) is 10.0 Å². The van der Waals surface area contributed by atoms with E-state index in [-0.39, 0.29) is 10.9 Å². The average molecular weight is 331 g/mol. The van der Waals surface area contributed by atoms with E-state index in [1.165, 1.54) is 5.56 Å². The third-order valence-electron chi connectivity index (χ3n) is 4.18. The normalized spacial score (nSPS) is 16.1. The molecule has 2 aromatic carbocycles. The van der Waals surface area contributed by atoms with Crippen LogP contribution in [0.5, 0.6) is 5.75 Å². The summed E-state index contributed by atoms with van der Waals surface area (Å²) in [5.41, 5.74) is 2.19. The molecule has 0 aromatic heterocycles. The van der Waals surface area contributed by atoms with Gasteiger partial charge in [-0.05, 0) is 55.5 Å². The zero-order valence-corrected chi connectivity index (χ0v) is 14.1. The maximum Gasteiger partial charge on any atom is 0.241 e. The number of rotatable bonds is 6. The minimum Gasteiger partial charge on any atom is -0.497 e. The van der Waals surface area contributed by atoms with Gasteiger partial charge in [0.2, 0.25) is 10.0 Å². The molecule has 122 valence electrons. The van der Waals surface area contributed by atoms with Gasteiger partial charge in [0.05, 0.1) is 12.0 Å². The van der Waals surface area contributed by atoms with Crippen molar-refractivity contribution in [2.24, 2.45) is 5.92 Å². The van der Waals surface area contributed by atoms with E-state index < -0.39 is 10.0 Å². The van der Waals surface area contributed by atoms with Crippen molar-refractivity contribution < 1.29 is 13.2 Å². The third-order valence-corrected chi connectivity index (χ3v) is 5.64. The highest BCUT2D eigenvalue weighted by molar-refractivity contribution is 7.89. The Balaban J connectivity index is 1.85. The van der Waals surface area contributed by atoms with Crippen LogP contribution in [0.1, 0.15) is 30.0 Å². The summed E-state index contributed by atoms with van der Waals surface area (Å²) in [6.07, 6.45) is 2.12. The van der Waals surface area contributed by atoms with Crippen LogP contribution in [0.15, 0.2) is 53.4 Å². The molecule has 1 aliphatic rings. The summed E-state index contributed by atoms with van der Waals surface area (Å²) in [4.78, 5) is 0.260. The second-order valence-corrected chi connectivity index (χ2v) is 7.74. The van der Waals surface area contributed by atoms with Crippen LogP contribution in [0.3, 0.4) is 0 Å². The van der Waals surface area contributed by atoms with E-state index in [2.05, 4.69) is 4.72 Å². The maximum absolute atomic E-state index is 12.7. The van der Waals surface area contributed by atoms with Crippen molar-refractivity contribution in [3.8, 4) is 5.75 Å². The number of sulfonamides is 1. The van der Waals surface area contributed by atoms with E-state index in [1.54, 1.807) is 31.4 Å². The molecule has 1 fully saturated rings. The highest BCUT2D eigenvalue weighted by Crippen LogP contribution is 2.41. The maximum atomic E-state index is 12.7. The topological polar surface area (TPSA) is 55.4 Å². The largest absolute Gasteiger partial charge is 0.497 e. The third kappa shape index (κ3) is 3.74. The molecule has 1 aliphatic carbocycles. The number of ether oxygens (including phenoxy) is 1. The predicted molar refractivity (Wildman–Crippen MR) is 90.0 cm³/mol.